The minimum Gasteiger partial charge on any atom is -0.309 e. The highest BCUT2D eigenvalue weighted by Crippen LogP contribution is 2.69. The third kappa shape index (κ3) is 4.30. The number of hydrogen-bond acceptors (Lipinski definition) is 2. The monoisotopic (exact) mass is 751 g/mol. The molecule has 0 aliphatic heterocycles. The Labute approximate surface area is 339 Å². The summed E-state index contributed by atoms with van der Waals surface area (Å²) < 4.78 is 2.65. The van der Waals surface area contributed by atoms with E-state index in [1.807, 2.05) is 11.3 Å². The zero-order chi connectivity index (χ0) is 37.6. The molecule has 8 aromatic rings. The lowest BCUT2D eigenvalue weighted by atomic mass is 9.43. The molecule has 14 rings (SSSR count). The van der Waals surface area contributed by atoms with E-state index in [4.69, 9.17) is 0 Å². The van der Waals surface area contributed by atoms with Crippen molar-refractivity contribution in [3.63, 3.8) is 0 Å². The zero-order valence-corrected chi connectivity index (χ0v) is 33.5. The molecule has 6 aliphatic rings. The van der Waals surface area contributed by atoms with Crippen LogP contribution in [-0.2, 0) is 10.8 Å². The van der Waals surface area contributed by atoms with Gasteiger partial charge in [0.25, 0.3) is 0 Å². The van der Waals surface area contributed by atoms with Crippen LogP contribution >= 0.6 is 11.3 Å². The first-order valence-corrected chi connectivity index (χ1v) is 22.1. The Hall–Kier alpha value is -5.44. The van der Waals surface area contributed by atoms with E-state index in [2.05, 4.69) is 170 Å². The fourth-order valence-corrected chi connectivity index (χ4v) is 14.5. The molecule has 7 aromatic carbocycles. The first-order chi connectivity index (χ1) is 28.0. The van der Waals surface area contributed by atoms with E-state index in [1.54, 1.807) is 11.1 Å². The van der Waals surface area contributed by atoms with Crippen LogP contribution in [0.1, 0.15) is 68.2 Å². The van der Waals surface area contributed by atoms with Gasteiger partial charge in [-0.05, 0) is 148 Å². The maximum Gasteiger partial charge on any atom is 0.0555 e. The van der Waals surface area contributed by atoms with E-state index in [0.717, 1.165) is 23.7 Å². The van der Waals surface area contributed by atoms with Gasteiger partial charge in [-0.2, -0.15) is 0 Å². The molecule has 2 heteroatoms. The highest BCUT2D eigenvalue weighted by Gasteiger charge is 2.61. The number of nitrogens with zero attached hydrogens (tertiary/aromatic N) is 1. The maximum absolute atomic E-state index is 2.63. The number of benzene rings is 7. The van der Waals surface area contributed by atoms with Gasteiger partial charge >= 0.3 is 0 Å². The van der Waals surface area contributed by atoms with Crippen LogP contribution in [0.25, 0.3) is 53.6 Å². The summed E-state index contributed by atoms with van der Waals surface area (Å²) in [6.07, 6.45) is 7.12. The summed E-state index contributed by atoms with van der Waals surface area (Å²) in [4.78, 5) is 2.56. The average Bonchev–Trinajstić information content (AvgIpc) is 3.85. The lowest BCUT2D eigenvalue weighted by Gasteiger charge is -2.61. The summed E-state index contributed by atoms with van der Waals surface area (Å²) in [6.45, 7) is 4.77. The lowest BCUT2D eigenvalue weighted by Crippen LogP contribution is -2.55. The second-order valence-corrected chi connectivity index (χ2v) is 19.6. The molecule has 0 saturated heterocycles. The molecule has 1 aromatic heterocycles. The summed E-state index contributed by atoms with van der Waals surface area (Å²) in [5.74, 6) is 3.41. The van der Waals surface area contributed by atoms with Gasteiger partial charge in [0.05, 0.1) is 11.4 Å². The molecule has 0 unspecified atom stereocenters. The normalized spacial score (nSPS) is 24.2. The first kappa shape index (κ1) is 32.6. The van der Waals surface area contributed by atoms with Crippen LogP contribution < -0.4 is 4.90 Å². The smallest absolute Gasteiger partial charge is 0.0555 e. The minimum atomic E-state index is -0.0829. The standard InChI is InChI=1S/C55H45NS/c1-54(2)44-14-6-4-12-42(44)52-46(54)16-9-17-48(52)56(49-18-10-20-51-53(49)43-13-5-8-19-50(43)57-51)39-24-21-35(22-25-39)36-23-26-41-40-11-3-7-15-45(40)55(47(41)32-36)37-28-33-27-34(30-37)31-38(55)29-33/h3-26,32-34,37-38H,27-31H2,1-2H3. The van der Waals surface area contributed by atoms with Crippen molar-refractivity contribution >= 4 is 48.6 Å². The van der Waals surface area contributed by atoms with Gasteiger partial charge < -0.3 is 4.90 Å². The van der Waals surface area contributed by atoms with Gasteiger partial charge in [-0.3, -0.25) is 0 Å². The fourth-order valence-electron chi connectivity index (χ4n) is 13.4. The van der Waals surface area contributed by atoms with Crippen molar-refractivity contribution in [2.75, 3.05) is 4.90 Å². The summed E-state index contributed by atoms with van der Waals surface area (Å²) in [7, 11) is 0. The second kappa shape index (κ2) is 11.6. The molecule has 0 radical (unpaired) electrons. The van der Waals surface area contributed by atoms with Gasteiger partial charge in [-0.25, -0.2) is 0 Å². The topological polar surface area (TPSA) is 3.24 Å². The molecule has 0 N–H and O–H groups in total. The van der Waals surface area contributed by atoms with Crippen molar-refractivity contribution in [2.45, 2.75) is 56.8 Å². The Kier molecular flexibility index (Phi) is 6.63. The van der Waals surface area contributed by atoms with Crippen LogP contribution in [0.2, 0.25) is 0 Å². The van der Waals surface area contributed by atoms with Crippen LogP contribution in [0.15, 0.2) is 152 Å². The van der Waals surface area contributed by atoms with Crippen LogP contribution in [0.5, 0.6) is 0 Å². The average molecular weight is 752 g/mol. The Morgan fingerprint density at radius 3 is 1.91 bits per heavy atom. The van der Waals surface area contributed by atoms with Gasteiger partial charge in [0.1, 0.15) is 0 Å². The molecule has 0 amide bonds. The molecular weight excluding hydrogens is 707 g/mol. The third-order valence-electron chi connectivity index (χ3n) is 15.5. The zero-order valence-electron chi connectivity index (χ0n) is 32.6. The van der Waals surface area contributed by atoms with Crippen LogP contribution in [0, 0.1) is 23.7 Å². The molecule has 0 atom stereocenters. The van der Waals surface area contributed by atoms with Crippen molar-refractivity contribution in [3.05, 3.63) is 174 Å². The van der Waals surface area contributed by atoms with Gasteiger partial charge in [-0.1, -0.05) is 123 Å². The molecule has 6 aliphatic carbocycles. The number of thiophene rings is 1. The molecule has 4 fully saturated rings. The second-order valence-electron chi connectivity index (χ2n) is 18.5. The number of hydrogen-bond donors (Lipinski definition) is 0. The number of rotatable bonds is 4. The SMILES string of the molecule is CC1(C)c2ccccc2-c2c(N(c3ccc(-c4ccc5c(c4)C4(c6ccccc6-5)C5CC6CC(C5)CC4C6)cc3)c3cccc4sc5ccccc5c34)cccc21. The van der Waals surface area contributed by atoms with Crippen LogP contribution in [-0.4, -0.2) is 0 Å². The summed E-state index contributed by atoms with van der Waals surface area (Å²) in [5, 5.41) is 2.64. The fraction of sp³-hybridized carbons (Fsp3) is 0.236. The van der Waals surface area contributed by atoms with E-state index in [-0.39, 0.29) is 10.8 Å². The van der Waals surface area contributed by atoms with Crippen LogP contribution in [0.4, 0.5) is 17.1 Å². The summed E-state index contributed by atoms with van der Waals surface area (Å²) in [6, 6.07) is 58.4. The van der Waals surface area contributed by atoms with E-state index in [1.165, 1.54) is 114 Å². The van der Waals surface area contributed by atoms with Crippen molar-refractivity contribution in [2.24, 2.45) is 23.7 Å². The predicted octanol–water partition coefficient (Wildman–Crippen LogP) is 15.2. The van der Waals surface area contributed by atoms with E-state index >= 15 is 0 Å². The first-order valence-electron chi connectivity index (χ1n) is 21.3. The molecule has 276 valence electrons. The van der Waals surface area contributed by atoms with E-state index in [0.29, 0.717) is 0 Å². The molecule has 1 spiro atoms. The largest absolute Gasteiger partial charge is 0.309 e. The summed E-state index contributed by atoms with van der Waals surface area (Å²) in [5.41, 5.74) is 18.1. The Balaban J connectivity index is 0.985. The number of fused-ring (bicyclic) bond motifs is 9. The van der Waals surface area contributed by atoms with Gasteiger partial charge in [0, 0.05) is 42.3 Å². The van der Waals surface area contributed by atoms with Crippen molar-refractivity contribution < 1.29 is 0 Å². The van der Waals surface area contributed by atoms with E-state index in [9.17, 15) is 0 Å². The molecule has 57 heavy (non-hydrogen) atoms. The minimum absolute atomic E-state index is 0.0829. The highest BCUT2D eigenvalue weighted by atomic mass is 32.1. The van der Waals surface area contributed by atoms with Gasteiger partial charge in [0.15, 0.2) is 0 Å². The molecule has 4 saturated carbocycles. The van der Waals surface area contributed by atoms with E-state index < -0.39 is 0 Å². The lowest BCUT2D eigenvalue weighted by molar-refractivity contribution is -0.0399. The summed E-state index contributed by atoms with van der Waals surface area (Å²) >= 11 is 1.89. The Morgan fingerprint density at radius 2 is 1.11 bits per heavy atom. The Bertz CT molecular complexity index is 2930. The van der Waals surface area contributed by atoms with Crippen molar-refractivity contribution in [1.29, 1.82) is 0 Å². The Morgan fingerprint density at radius 1 is 0.491 bits per heavy atom. The van der Waals surface area contributed by atoms with Gasteiger partial charge in [0.2, 0.25) is 0 Å². The van der Waals surface area contributed by atoms with Crippen molar-refractivity contribution in [1.82, 2.24) is 0 Å². The predicted molar refractivity (Wildman–Crippen MR) is 240 cm³/mol. The molecule has 4 bridgehead atoms. The van der Waals surface area contributed by atoms with Crippen molar-refractivity contribution in [3.8, 4) is 33.4 Å². The maximum atomic E-state index is 2.63. The third-order valence-corrected chi connectivity index (χ3v) is 16.6. The quantitative estimate of drug-likeness (QED) is 0.173. The molecule has 1 heterocycles. The number of anilines is 3. The highest BCUT2D eigenvalue weighted by molar-refractivity contribution is 7.26. The molecule has 1 nitrogen and oxygen atoms in total. The molecular formula is C55H45NS. The van der Waals surface area contributed by atoms with Gasteiger partial charge in [-0.15, -0.1) is 11.3 Å². The van der Waals surface area contributed by atoms with Crippen LogP contribution in [0.3, 0.4) is 0 Å².